The van der Waals surface area contributed by atoms with Crippen molar-refractivity contribution in [3.8, 4) is 0 Å². The summed E-state index contributed by atoms with van der Waals surface area (Å²) in [5.41, 5.74) is 3.77. The molecule has 108 valence electrons. The number of hydrazone groups is 1. The molecule has 21 heavy (non-hydrogen) atoms. The predicted molar refractivity (Wildman–Crippen MR) is 80.6 cm³/mol. The maximum atomic E-state index is 12.0. The number of amides is 1. The quantitative estimate of drug-likeness (QED) is 0.485. The van der Waals surface area contributed by atoms with Crippen LogP contribution in [-0.2, 0) is 4.79 Å². The Labute approximate surface area is 122 Å². The first-order valence-corrected chi connectivity index (χ1v) is 6.53. The molecule has 0 radical (unpaired) electrons. The summed E-state index contributed by atoms with van der Waals surface area (Å²) in [6.45, 7) is -0.103. The molecule has 0 bridgehead atoms. The minimum absolute atomic E-state index is 0.103. The molecular weight excluding hydrogens is 268 g/mol. The van der Waals surface area contributed by atoms with E-state index in [1.54, 1.807) is 18.2 Å². The normalized spacial score (nSPS) is 11.8. The van der Waals surface area contributed by atoms with E-state index in [4.69, 9.17) is 9.52 Å². The highest BCUT2D eigenvalue weighted by atomic mass is 16.3. The lowest BCUT2D eigenvalue weighted by molar-refractivity contribution is -0.117. The number of aliphatic hydroxyl groups is 1. The molecule has 0 fully saturated rings. The SMILES string of the molecule is O=C(N/N=C\c1ccco1)/C(=C\c1ccccc1)CCO. The summed E-state index contributed by atoms with van der Waals surface area (Å²) in [6.07, 6.45) is 4.93. The van der Waals surface area contributed by atoms with Crippen LogP contribution >= 0.6 is 0 Å². The zero-order chi connectivity index (χ0) is 14.9. The molecular formula is C16H16N2O3. The largest absolute Gasteiger partial charge is 0.463 e. The van der Waals surface area contributed by atoms with Gasteiger partial charge in [-0.25, -0.2) is 5.43 Å². The van der Waals surface area contributed by atoms with E-state index in [-0.39, 0.29) is 18.9 Å². The summed E-state index contributed by atoms with van der Waals surface area (Å²) in [5.74, 6) is 0.196. The zero-order valence-electron chi connectivity index (χ0n) is 11.4. The third-order valence-corrected chi connectivity index (χ3v) is 2.71. The van der Waals surface area contributed by atoms with Crippen LogP contribution in [0.4, 0.5) is 0 Å². The summed E-state index contributed by atoms with van der Waals surface area (Å²) in [7, 11) is 0. The molecule has 0 atom stereocenters. The summed E-state index contributed by atoms with van der Waals surface area (Å²) in [6, 6.07) is 12.9. The smallest absolute Gasteiger partial charge is 0.267 e. The Hall–Kier alpha value is -2.66. The van der Waals surface area contributed by atoms with Gasteiger partial charge in [-0.2, -0.15) is 5.10 Å². The molecule has 0 aliphatic rings. The average molecular weight is 284 g/mol. The van der Waals surface area contributed by atoms with Gasteiger partial charge >= 0.3 is 0 Å². The number of hydrogen-bond donors (Lipinski definition) is 2. The molecule has 1 heterocycles. The fraction of sp³-hybridized carbons (Fsp3) is 0.125. The number of rotatable bonds is 6. The maximum absolute atomic E-state index is 12.0. The first kappa shape index (κ1) is 14.7. The van der Waals surface area contributed by atoms with Gasteiger partial charge in [0.2, 0.25) is 0 Å². The topological polar surface area (TPSA) is 74.8 Å². The fourth-order valence-corrected chi connectivity index (χ4v) is 1.71. The van der Waals surface area contributed by atoms with E-state index >= 15 is 0 Å². The van der Waals surface area contributed by atoms with E-state index in [2.05, 4.69) is 10.5 Å². The van der Waals surface area contributed by atoms with Crippen molar-refractivity contribution < 1.29 is 14.3 Å². The van der Waals surface area contributed by atoms with Gasteiger partial charge in [0.1, 0.15) is 5.76 Å². The van der Waals surface area contributed by atoms with Gasteiger partial charge in [0.25, 0.3) is 5.91 Å². The molecule has 0 unspecified atom stereocenters. The molecule has 2 rings (SSSR count). The van der Waals surface area contributed by atoms with E-state index in [0.29, 0.717) is 11.3 Å². The number of aliphatic hydroxyl groups excluding tert-OH is 1. The number of benzene rings is 1. The molecule has 0 aliphatic heterocycles. The zero-order valence-corrected chi connectivity index (χ0v) is 11.4. The highest BCUT2D eigenvalue weighted by molar-refractivity contribution is 5.98. The first-order chi connectivity index (χ1) is 10.3. The summed E-state index contributed by atoms with van der Waals surface area (Å²) in [4.78, 5) is 12.0. The Morgan fingerprint density at radius 2 is 2.05 bits per heavy atom. The second kappa shape index (κ2) is 7.81. The van der Waals surface area contributed by atoms with Crippen LogP contribution in [0.15, 0.2) is 63.8 Å². The fourth-order valence-electron chi connectivity index (χ4n) is 1.71. The number of carbonyl (C=O) groups excluding carboxylic acids is 1. The standard InChI is InChI=1S/C16H16N2O3/c19-9-8-14(11-13-5-2-1-3-6-13)16(20)18-17-12-15-7-4-10-21-15/h1-7,10-12,19H,8-9H2,(H,18,20)/b14-11-,17-12-. The lowest BCUT2D eigenvalue weighted by Crippen LogP contribution is -2.20. The Morgan fingerprint density at radius 1 is 1.24 bits per heavy atom. The van der Waals surface area contributed by atoms with Gasteiger partial charge in [0.15, 0.2) is 0 Å². The number of carbonyl (C=O) groups is 1. The maximum Gasteiger partial charge on any atom is 0.267 e. The molecule has 0 aliphatic carbocycles. The van der Waals surface area contributed by atoms with Crippen molar-refractivity contribution >= 4 is 18.2 Å². The Kier molecular flexibility index (Phi) is 5.49. The van der Waals surface area contributed by atoms with Crippen molar-refractivity contribution in [2.24, 2.45) is 5.10 Å². The van der Waals surface area contributed by atoms with Crippen molar-refractivity contribution in [3.05, 3.63) is 65.6 Å². The van der Waals surface area contributed by atoms with Crippen LogP contribution < -0.4 is 5.43 Å². The third kappa shape index (κ3) is 4.74. The lowest BCUT2D eigenvalue weighted by atomic mass is 10.1. The summed E-state index contributed by atoms with van der Waals surface area (Å²) in [5, 5.41) is 12.9. The molecule has 1 aromatic heterocycles. The van der Waals surface area contributed by atoms with Gasteiger partial charge in [-0.15, -0.1) is 0 Å². The molecule has 0 saturated heterocycles. The van der Waals surface area contributed by atoms with Crippen LogP contribution in [0, 0.1) is 0 Å². The van der Waals surface area contributed by atoms with Gasteiger partial charge in [0.05, 0.1) is 12.5 Å². The van der Waals surface area contributed by atoms with Crippen LogP contribution in [0.2, 0.25) is 0 Å². The number of nitrogens with one attached hydrogen (secondary N) is 1. The number of furan rings is 1. The van der Waals surface area contributed by atoms with E-state index < -0.39 is 0 Å². The number of hydrogen-bond acceptors (Lipinski definition) is 4. The molecule has 2 N–H and O–H groups in total. The monoisotopic (exact) mass is 284 g/mol. The van der Waals surface area contributed by atoms with Crippen molar-refractivity contribution in [2.75, 3.05) is 6.61 Å². The van der Waals surface area contributed by atoms with Crippen LogP contribution in [-0.4, -0.2) is 23.8 Å². The van der Waals surface area contributed by atoms with Crippen LogP contribution in [0.3, 0.4) is 0 Å². The highest BCUT2D eigenvalue weighted by Crippen LogP contribution is 2.09. The van der Waals surface area contributed by atoms with E-state index in [0.717, 1.165) is 5.56 Å². The molecule has 0 spiro atoms. The minimum atomic E-state index is -0.351. The van der Waals surface area contributed by atoms with E-state index in [9.17, 15) is 4.79 Å². The van der Waals surface area contributed by atoms with Gasteiger partial charge in [-0.3, -0.25) is 4.79 Å². The highest BCUT2D eigenvalue weighted by Gasteiger charge is 2.08. The van der Waals surface area contributed by atoms with Crippen molar-refractivity contribution in [3.63, 3.8) is 0 Å². The lowest BCUT2D eigenvalue weighted by Gasteiger charge is -2.04. The molecule has 5 nitrogen and oxygen atoms in total. The Morgan fingerprint density at radius 3 is 2.71 bits per heavy atom. The van der Waals surface area contributed by atoms with Crippen molar-refractivity contribution in [2.45, 2.75) is 6.42 Å². The van der Waals surface area contributed by atoms with Gasteiger partial charge in [-0.05, 0) is 23.8 Å². The molecule has 1 aromatic carbocycles. The van der Waals surface area contributed by atoms with Crippen molar-refractivity contribution in [1.29, 1.82) is 0 Å². The Bertz CT molecular complexity index is 616. The van der Waals surface area contributed by atoms with Crippen LogP contribution in [0.1, 0.15) is 17.7 Å². The second-order valence-electron chi connectivity index (χ2n) is 4.27. The van der Waals surface area contributed by atoms with Crippen molar-refractivity contribution in [1.82, 2.24) is 5.43 Å². The molecule has 0 saturated carbocycles. The molecule has 1 amide bonds. The summed E-state index contributed by atoms with van der Waals surface area (Å²) < 4.78 is 5.06. The van der Waals surface area contributed by atoms with E-state index in [1.165, 1.54) is 12.5 Å². The average Bonchev–Trinajstić information content (AvgIpc) is 3.01. The van der Waals surface area contributed by atoms with Gasteiger partial charge in [-0.1, -0.05) is 30.3 Å². The first-order valence-electron chi connectivity index (χ1n) is 6.53. The van der Waals surface area contributed by atoms with E-state index in [1.807, 2.05) is 30.3 Å². The second-order valence-corrected chi connectivity index (χ2v) is 4.27. The van der Waals surface area contributed by atoms with Gasteiger partial charge < -0.3 is 9.52 Å². The molecule has 5 heteroatoms. The van der Waals surface area contributed by atoms with Gasteiger partial charge in [0, 0.05) is 18.6 Å². The number of nitrogens with zero attached hydrogens (tertiary/aromatic N) is 1. The van der Waals surface area contributed by atoms with Crippen LogP contribution in [0.25, 0.3) is 6.08 Å². The minimum Gasteiger partial charge on any atom is -0.463 e. The molecule has 2 aromatic rings. The Balaban J connectivity index is 2.04. The predicted octanol–water partition coefficient (Wildman–Crippen LogP) is 2.20. The summed E-state index contributed by atoms with van der Waals surface area (Å²) >= 11 is 0. The van der Waals surface area contributed by atoms with Crippen LogP contribution in [0.5, 0.6) is 0 Å². The third-order valence-electron chi connectivity index (χ3n) is 2.71.